The molecule has 0 heterocycles. The van der Waals surface area contributed by atoms with Gasteiger partial charge in [-0.2, -0.15) is 0 Å². The van der Waals surface area contributed by atoms with Crippen molar-refractivity contribution in [1.29, 1.82) is 0 Å². The average molecular weight is 355 g/mol. The van der Waals surface area contributed by atoms with Gasteiger partial charge >= 0.3 is 5.97 Å². The molecule has 1 amide bonds. The van der Waals surface area contributed by atoms with Crippen molar-refractivity contribution in [2.45, 2.75) is 37.6 Å². The first-order chi connectivity index (χ1) is 12.6. The zero-order valence-electron chi connectivity index (χ0n) is 14.5. The lowest BCUT2D eigenvalue weighted by molar-refractivity contribution is -0.154. The standard InChI is InChI=1S/C21H22FNO3/c22-18-10-8-16(9-11-18)14-23-19(24)15-26-20(25)21(12-4-5-13-21)17-6-2-1-3-7-17/h1-3,6-11H,4-5,12-15H2,(H,23,24). The Labute approximate surface area is 152 Å². The molecule has 0 atom stereocenters. The van der Waals surface area contributed by atoms with Gasteiger partial charge in [0.05, 0.1) is 5.41 Å². The lowest BCUT2D eigenvalue weighted by Gasteiger charge is -2.27. The van der Waals surface area contributed by atoms with Crippen LogP contribution in [-0.2, 0) is 26.3 Å². The highest BCUT2D eigenvalue weighted by Gasteiger charge is 2.44. The molecule has 0 bridgehead atoms. The fourth-order valence-corrected chi connectivity index (χ4v) is 3.47. The maximum Gasteiger partial charge on any atom is 0.317 e. The number of esters is 1. The van der Waals surface area contributed by atoms with Gasteiger partial charge in [-0.3, -0.25) is 9.59 Å². The molecule has 0 aromatic heterocycles. The van der Waals surface area contributed by atoms with Crippen LogP contribution in [0.2, 0.25) is 0 Å². The number of ether oxygens (including phenoxy) is 1. The second-order valence-corrected chi connectivity index (χ2v) is 6.63. The average Bonchev–Trinajstić information content (AvgIpc) is 3.17. The number of rotatable bonds is 6. The van der Waals surface area contributed by atoms with E-state index in [9.17, 15) is 14.0 Å². The van der Waals surface area contributed by atoms with E-state index in [-0.39, 0.29) is 30.8 Å². The molecule has 5 heteroatoms. The van der Waals surface area contributed by atoms with Gasteiger partial charge in [-0.25, -0.2) is 4.39 Å². The van der Waals surface area contributed by atoms with Gasteiger partial charge in [0.15, 0.2) is 6.61 Å². The summed E-state index contributed by atoms with van der Waals surface area (Å²) >= 11 is 0. The number of nitrogens with one attached hydrogen (secondary N) is 1. The first-order valence-corrected chi connectivity index (χ1v) is 8.84. The molecule has 1 fully saturated rings. The zero-order valence-corrected chi connectivity index (χ0v) is 14.5. The Morgan fingerprint density at radius 1 is 1.00 bits per heavy atom. The van der Waals surface area contributed by atoms with Crippen molar-refractivity contribution in [2.75, 3.05) is 6.61 Å². The van der Waals surface area contributed by atoms with Crippen LogP contribution in [0.3, 0.4) is 0 Å². The molecule has 4 nitrogen and oxygen atoms in total. The van der Waals surface area contributed by atoms with Crippen molar-refractivity contribution in [1.82, 2.24) is 5.32 Å². The van der Waals surface area contributed by atoms with Gasteiger partial charge in [-0.05, 0) is 36.1 Å². The first-order valence-electron chi connectivity index (χ1n) is 8.84. The molecule has 0 unspecified atom stereocenters. The summed E-state index contributed by atoms with van der Waals surface area (Å²) in [5, 5.41) is 2.68. The Hall–Kier alpha value is -2.69. The molecule has 2 aromatic carbocycles. The van der Waals surface area contributed by atoms with Gasteiger partial charge in [0.2, 0.25) is 0 Å². The van der Waals surface area contributed by atoms with Crippen LogP contribution < -0.4 is 5.32 Å². The van der Waals surface area contributed by atoms with Crippen molar-refractivity contribution in [3.63, 3.8) is 0 Å². The second kappa shape index (κ2) is 8.13. The summed E-state index contributed by atoms with van der Waals surface area (Å²) in [6.07, 6.45) is 3.43. The summed E-state index contributed by atoms with van der Waals surface area (Å²) in [6.45, 7) is -0.0465. The van der Waals surface area contributed by atoms with Crippen molar-refractivity contribution in [2.24, 2.45) is 0 Å². The molecule has 136 valence electrons. The lowest BCUT2D eigenvalue weighted by atomic mass is 9.79. The first kappa shape index (κ1) is 18.1. The number of carbonyl (C=O) groups is 2. The van der Waals surface area contributed by atoms with Crippen LogP contribution in [0.5, 0.6) is 0 Å². The van der Waals surface area contributed by atoms with E-state index in [4.69, 9.17) is 4.74 Å². The van der Waals surface area contributed by atoms with Gasteiger partial charge in [0, 0.05) is 6.54 Å². The van der Waals surface area contributed by atoms with E-state index in [2.05, 4.69) is 5.32 Å². The van der Waals surface area contributed by atoms with Gasteiger partial charge in [-0.15, -0.1) is 0 Å². The van der Waals surface area contributed by atoms with Crippen LogP contribution in [0.25, 0.3) is 0 Å². The largest absolute Gasteiger partial charge is 0.455 e. The van der Waals surface area contributed by atoms with Gasteiger partial charge < -0.3 is 10.1 Å². The second-order valence-electron chi connectivity index (χ2n) is 6.63. The summed E-state index contributed by atoms with van der Waals surface area (Å²) in [5.74, 6) is -1.03. The third-order valence-electron chi connectivity index (χ3n) is 4.91. The normalized spacial score (nSPS) is 15.4. The quantitative estimate of drug-likeness (QED) is 0.807. The molecule has 0 saturated heterocycles. The molecule has 0 aliphatic heterocycles. The van der Waals surface area contributed by atoms with Crippen LogP contribution in [0.1, 0.15) is 36.8 Å². The number of benzene rings is 2. The number of halogens is 1. The minimum atomic E-state index is -0.640. The smallest absolute Gasteiger partial charge is 0.317 e. The summed E-state index contributed by atoms with van der Waals surface area (Å²) in [6, 6.07) is 15.5. The van der Waals surface area contributed by atoms with Crippen LogP contribution >= 0.6 is 0 Å². The molecule has 1 aliphatic rings. The van der Waals surface area contributed by atoms with E-state index in [1.54, 1.807) is 12.1 Å². The Kier molecular flexibility index (Phi) is 5.66. The van der Waals surface area contributed by atoms with E-state index < -0.39 is 5.41 Å². The van der Waals surface area contributed by atoms with E-state index >= 15 is 0 Å². The predicted molar refractivity (Wildman–Crippen MR) is 95.8 cm³/mol. The van der Waals surface area contributed by atoms with Crippen molar-refractivity contribution in [3.8, 4) is 0 Å². The van der Waals surface area contributed by atoms with Crippen LogP contribution in [0.15, 0.2) is 54.6 Å². The Bertz CT molecular complexity index is 753. The van der Waals surface area contributed by atoms with Crippen molar-refractivity contribution >= 4 is 11.9 Å². The molecule has 1 saturated carbocycles. The number of hydrogen-bond acceptors (Lipinski definition) is 3. The van der Waals surface area contributed by atoms with Crippen molar-refractivity contribution < 1.29 is 18.7 Å². The van der Waals surface area contributed by atoms with Crippen LogP contribution in [0.4, 0.5) is 4.39 Å². The number of hydrogen-bond donors (Lipinski definition) is 1. The number of amides is 1. The van der Waals surface area contributed by atoms with Crippen LogP contribution in [0, 0.1) is 5.82 Å². The SMILES string of the molecule is O=C(COC(=O)C1(c2ccccc2)CCCC1)NCc1ccc(F)cc1. The van der Waals surface area contributed by atoms with E-state index in [1.165, 1.54) is 12.1 Å². The van der Waals surface area contributed by atoms with E-state index in [1.807, 2.05) is 30.3 Å². The Morgan fingerprint density at radius 2 is 1.65 bits per heavy atom. The van der Waals surface area contributed by atoms with E-state index in [0.29, 0.717) is 0 Å². The summed E-state index contributed by atoms with van der Waals surface area (Å²) in [4.78, 5) is 24.7. The fourth-order valence-electron chi connectivity index (χ4n) is 3.47. The third kappa shape index (κ3) is 4.10. The molecular formula is C21H22FNO3. The highest BCUT2D eigenvalue weighted by Crippen LogP contribution is 2.42. The fraction of sp³-hybridized carbons (Fsp3) is 0.333. The monoisotopic (exact) mass is 355 g/mol. The molecule has 0 radical (unpaired) electrons. The van der Waals surface area contributed by atoms with Crippen LogP contribution in [-0.4, -0.2) is 18.5 Å². The molecule has 2 aromatic rings. The minimum Gasteiger partial charge on any atom is -0.455 e. The highest BCUT2D eigenvalue weighted by molar-refractivity contribution is 5.86. The predicted octanol–water partition coefficient (Wildman–Crippen LogP) is 3.50. The van der Waals surface area contributed by atoms with Gasteiger partial charge in [-0.1, -0.05) is 55.3 Å². The van der Waals surface area contributed by atoms with Gasteiger partial charge in [0.25, 0.3) is 5.91 Å². The summed E-state index contributed by atoms with van der Waals surface area (Å²) in [5.41, 5.74) is 1.09. The topological polar surface area (TPSA) is 55.4 Å². The zero-order chi connectivity index (χ0) is 18.4. The molecule has 1 N–H and O–H groups in total. The van der Waals surface area contributed by atoms with Crippen molar-refractivity contribution in [3.05, 3.63) is 71.5 Å². The molecule has 26 heavy (non-hydrogen) atoms. The number of carbonyl (C=O) groups excluding carboxylic acids is 2. The van der Waals surface area contributed by atoms with Gasteiger partial charge in [0.1, 0.15) is 5.82 Å². The molecule has 1 aliphatic carbocycles. The molecule has 0 spiro atoms. The third-order valence-corrected chi connectivity index (χ3v) is 4.91. The summed E-state index contributed by atoms with van der Waals surface area (Å²) in [7, 11) is 0. The molecular weight excluding hydrogens is 333 g/mol. The lowest BCUT2D eigenvalue weighted by Crippen LogP contribution is -2.37. The highest BCUT2D eigenvalue weighted by atomic mass is 19.1. The maximum absolute atomic E-state index is 12.9. The minimum absolute atomic E-state index is 0.264. The maximum atomic E-state index is 12.9. The molecule has 3 rings (SSSR count). The Morgan fingerprint density at radius 3 is 2.31 bits per heavy atom. The van der Waals surface area contributed by atoms with E-state index in [0.717, 1.165) is 36.8 Å². The Balaban J connectivity index is 1.55. The summed E-state index contributed by atoms with van der Waals surface area (Å²) < 4.78 is 18.2.